The van der Waals surface area contributed by atoms with Gasteiger partial charge in [-0.2, -0.15) is 0 Å². The summed E-state index contributed by atoms with van der Waals surface area (Å²) in [4.78, 5) is 36.0. The number of amides is 2. The highest BCUT2D eigenvalue weighted by atomic mass is 16.4. The van der Waals surface area contributed by atoms with E-state index in [9.17, 15) is 19.5 Å². The van der Waals surface area contributed by atoms with Crippen LogP contribution in [0.1, 0.15) is 49.4 Å². The van der Waals surface area contributed by atoms with Gasteiger partial charge in [0.1, 0.15) is 5.54 Å². The molecule has 1 aromatic carbocycles. The van der Waals surface area contributed by atoms with Gasteiger partial charge in [0.2, 0.25) is 5.91 Å². The summed E-state index contributed by atoms with van der Waals surface area (Å²) in [7, 11) is 0. The summed E-state index contributed by atoms with van der Waals surface area (Å²) in [6, 6.07) is 6.62. The second-order valence-electron chi connectivity index (χ2n) is 6.94. The summed E-state index contributed by atoms with van der Waals surface area (Å²) in [6.07, 6.45) is 3.38. The highest BCUT2D eigenvalue weighted by molar-refractivity contribution is 6.00. The van der Waals surface area contributed by atoms with Crippen LogP contribution in [0, 0.1) is 11.8 Å². The molecule has 3 N–H and O–H groups in total. The molecule has 0 saturated heterocycles. The summed E-state index contributed by atoms with van der Waals surface area (Å²) in [5.74, 6) is -0.973. The third kappa shape index (κ3) is 3.27. The van der Waals surface area contributed by atoms with Crippen LogP contribution in [0.25, 0.3) is 0 Å². The lowest BCUT2D eigenvalue weighted by molar-refractivity contribution is -0.144. The van der Waals surface area contributed by atoms with E-state index in [-0.39, 0.29) is 11.8 Å². The summed E-state index contributed by atoms with van der Waals surface area (Å²) in [5.41, 5.74) is -0.258. The Labute approximate surface area is 140 Å². The van der Waals surface area contributed by atoms with Gasteiger partial charge in [-0.25, -0.2) is 4.79 Å². The SMILES string of the molecule is CC1CC1C(=O)Nc1cccc(C(=O)NC2(C(=O)O)CCCC2)c1. The van der Waals surface area contributed by atoms with Gasteiger partial charge in [-0.3, -0.25) is 9.59 Å². The smallest absolute Gasteiger partial charge is 0.329 e. The van der Waals surface area contributed by atoms with Crippen molar-refractivity contribution in [3.05, 3.63) is 29.8 Å². The van der Waals surface area contributed by atoms with E-state index in [4.69, 9.17) is 0 Å². The Bertz CT molecular complexity index is 679. The first-order valence-electron chi connectivity index (χ1n) is 8.38. The van der Waals surface area contributed by atoms with Gasteiger partial charge in [0.05, 0.1) is 0 Å². The van der Waals surface area contributed by atoms with Gasteiger partial charge in [0.25, 0.3) is 5.91 Å². The fraction of sp³-hybridized carbons (Fsp3) is 0.500. The van der Waals surface area contributed by atoms with Crippen molar-refractivity contribution in [3.8, 4) is 0 Å². The molecule has 0 aliphatic heterocycles. The second kappa shape index (κ2) is 6.26. The van der Waals surface area contributed by atoms with Crippen LogP contribution in [-0.2, 0) is 9.59 Å². The van der Waals surface area contributed by atoms with Crippen molar-refractivity contribution < 1.29 is 19.5 Å². The van der Waals surface area contributed by atoms with E-state index >= 15 is 0 Å². The molecule has 2 aliphatic rings. The number of nitrogens with one attached hydrogen (secondary N) is 2. The van der Waals surface area contributed by atoms with Crippen LogP contribution in [0.5, 0.6) is 0 Å². The van der Waals surface area contributed by atoms with Crippen molar-refractivity contribution in [3.63, 3.8) is 0 Å². The van der Waals surface area contributed by atoms with Gasteiger partial charge in [-0.05, 0) is 43.4 Å². The van der Waals surface area contributed by atoms with Gasteiger partial charge >= 0.3 is 5.97 Å². The van der Waals surface area contributed by atoms with E-state index in [2.05, 4.69) is 10.6 Å². The Hall–Kier alpha value is -2.37. The number of rotatable bonds is 5. The van der Waals surface area contributed by atoms with E-state index in [1.54, 1.807) is 24.3 Å². The molecule has 6 heteroatoms. The van der Waals surface area contributed by atoms with Gasteiger partial charge in [0.15, 0.2) is 0 Å². The maximum Gasteiger partial charge on any atom is 0.329 e. The number of anilines is 1. The molecule has 6 nitrogen and oxygen atoms in total. The predicted octanol–water partition coefficient (Wildman–Crippen LogP) is 2.41. The first-order valence-corrected chi connectivity index (χ1v) is 8.38. The van der Waals surface area contributed by atoms with Crippen LogP contribution >= 0.6 is 0 Å². The Morgan fingerprint density at radius 2 is 1.88 bits per heavy atom. The third-order valence-corrected chi connectivity index (χ3v) is 5.06. The largest absolute Gasteiger partial charge is 0.480 e. The van der Waals surface area contributed by atoms with E-state index < -0.39 is 17.4 Å². The number of carboxylic acid groups (broad SMARTS) is 1. The van der Waals surface area contributed by atoms with E-state index in [1.165, 1.54) is 0 Å². The molecule has 3 rings (SSSR count). The molecule has 2 amide bonds. The van der Waals surface area contributed by atoms with Crippen molar-refractivity contribution in [2.24, 2.45) is 11.8 Å². The van der Waals surface area contributed by atoms with Crippen molar-refractivity contribution in [1.29, 1.82) is 0 Å². The van der Waals surface area contributed by atoms with Crippen LogP contribution < -0.4 is 10.6 Å². The minimum atomic E-state index is -1.17. The molecule has 0 radical (unpaired) electrons. The van der Waals surface area contributed by atoms with Crippen LogP contribution in [0.15, 0.2) is 24.3 Å². The van der Waals surface area contributed by atoms with Crippen molar-refractivity contribution in [1.82, 2.24) is 5.32 Å². The topological polar surface area (TPSA) is 95.5 Å². The lowest BCUT2D eigenvalue weighted by atomic mass is 9.97. The highest BCUT2D eigenvalue weighted by Gasteiger charge is 2.43. The van der Waals surface area contributed by atoms with E-state index in [0.717, 1.165) is 19.3 Å². The number of carbonyl (C=O) groups is 3. The fourth-order valence-corrected chi connectivity index (χ4v) is 3.32. The molecule has 0 aromatic heterocycles. The third-order valence-electron chi connectivity index (χ3n) is 5.06. The summed E-state index contributed by atoms with van der Waals surface area (Å²) >= 11 is 0. The zero-order chi connectivity index (χ0) is 17.3. The molecule has 2 aliphatic carbocycles. The summed E-state index contributed by atoms with van der Waals surface area (Å²) < 4.78 is 0. The Morgan fingerprint density at radius 3 is 2.46 bits per heavy atom. The molecule has 0 spiro atoms. The average Bonchev–Trinajstić information content (AvgIpc) is 3.08. The maximum absolute atomic E-state index is 12.5. The van der Waals surface area contributed by atoms with Crippen molar-refractivity contribution in [2.45, 2.75) is 44.6 Å². The van der Waals surface area contributed by atoms with E-state index in [1.807, 2.05) is 6.92 Å². The highest BCUT2D eigenvalue weighted by Crippen LogP contribution is 2.38. The van der Waals surface area contributed by atoms with Gasteiger partial charge in [0, 0.05) is 17.2 Å². The van der Waals surface area contributed by atoms with E-state index in [0.29, 0.717) is 30.0 Å². The fourth-order valence-electron chi connectivity index (χ4n) is 3.32. The number of carbonyl (C=O) groups excluding carboxylic acids is 2. The summed E-state index contributed by atoms with van der Waals surface area (Å²) in [5, 5.41) is 15.0. The normalized spacial score (nSPS) is 24.2. The van der Waals surface area contributed by atoms with Crippen LogP contribution in [0.3, 0.4) is 0 Å². The lowest BCUT2D eigenvalue weighted by Gasteiger charge is -2.25. The number of benzene rings is 1. The molecular formula is C18H22N2O4. The lowest BCUT2D eigenvalue weighted by Crippen LogP contribution is -2.52. The van der Waals surface area contributed by atoms with Crippen LogP contribution in [0.2, 0.25) is 0 Å². The minimum absolute atomic E-state index is 0.0298. The number of hydrogen-bond donors (Lipinski definition) is 3. The van der Waals surface area contributed by atoms with Crippen molar-refractivity contribution in [2.75, 3.05) is 5.32 Å². The molecule has 128 valence electrons. The molecule has 2 atom stereocenters. The summed E-state index contributed by atoms with van der Waals surface area (Å²) in [6.45, 7) is 2.03. The number of carboxylic acids is 1. The zero-order valence-corrected chi connectivity index (χ0v) is 13.7. The average molecular weight is 330 g/mol. The first kappa shape index (κ1) is 16.5. The minimum Gasteiger partial charge on any atom is -0.480 e. The molecule has 0 bridgehead atoms. The quantitative estimate of drug-likeness (QED) is 0.772. The number of aliphatic carboxylic acids is 1. The standard InChI is InChI=1S/C18H22N2O4/c1-11-9-14(11)16(22)19-13-6-4-5-12(10-13)15(21)20-18(17(23)24)7-2-3-8-18/h4-6,10-11,14H,2-3,7-9H2,1H3,(H,19,22)(H,20,21)(H,23,24). The molecule has 1 aromatic rings. The molecule has 0 heterocycles. The zero-order valence-electron chi connectivity index (χ0n) is 13.7. The van der Waals surface area contributed by atoms with Gasteiger partial charge in [-0.15, -0.1) is 0 Å². The predicted molar refractivity (Wildman–Crippen MR) is 88.6 cm³/mol. The first-order chi connectivity index (χ1) is 11.4. The molecular weight excluding hydrogens is 308 g/mol. The molecule has 2 saturated carbocycles. The molecule has 2 unspecified atom stereocenters. The molecule has 24 heavy (non-hydrogen) atoms. The van der Waals surface area contributed by atoms with Gasteiger partial charge in [-0.1, -0.05) is 25.8 Å². The Kier molecular flexibility index (Phi) is 4.30. The monoisotopic (exact) mass is 330 g/mol. The maximum atomic E-state index is 12.5. The van der Waals surface area contributed by atoms with Crippen LogP contribution in [-0.4, -0.2) is 28.4 Å². The molecule has 2 fully saturated rings. The van der Waals surface area contributed by atoms with Crippen molar-refractivity contribution >= 4 is 23.5 Å². The Morgan fingerprint density at radius 1 is 1.21 bits per heavy atom. The Balaban J connectivity index is 1.70. The van der Waals surface area contributed by atoms with Crippen LogP contribution in [0.4, 0.5) is 5.69 Å². The number of hydrogen-bond acceptors (Lipinski definition) is 3. The van der Waals surface area contributed by atoms with Gasteiger partial charge < -0.3 is 15.7 Å². The second-order valence-corrected chi connectivity index (χ2v) is 6.94.